The number of carbonyl (C=O) groups is 1. The molecular weight excluding hydrogens is 304 g/mol. The van der Waals surface area contributed by atoms with Crippen molar-refractivity contribution < 1.29 is 14.3 Å². The third kappa shape index (κ3) is 4.71. The fraction of sp³-hybridized carbons (Fsp3) is 0.158. The van der Waals surface area contributed by atoms with E-state index < -0.39 is 0 Å². The van der Waals surface area contributed by atoms with Crippen molar-refractivity contribution in [2.75, 3.05) is 14.2 Å². The van der Waals surface area contributed by atoms with E-state index in [1.807, 2.05) is 43.3 Å². The number of nitrogens with zero attached hydrogens (tertiary/aromatic N) is 1. The highest BCUT2D eigenvalue weighted by atomic mass is 16.5. The number of rotatable bonds is 6. The van der Waals surface area contributed by atoms with Crippen molar-refractivity contribution in [3.63, 3.8) is 0 Å². The second kappa shape index (κ2) is 8.53. The third-order valence-electron chi connectivity index (χ3n) is 3.27. The minimum absolute atomic E-state index is 0.320. The van der Waals surface area contributed by atoms with E-state index in [1.165, 1.54) is 7.11 Å². The summed E-state index contributed by atoms with van der Waals surface area (Å²) in [4.78, 5) is 12.1. The first-order valence-electron chi connectivity index (χ1n) is 7.43. The van der Waals surface area contributed by atoms with Crippen LogP contribution in [0.15, 0.2) is 59.2 Å². The molecule has 0 radical (unpaired) electrons. The van der Waals surface area contributed by atoms with Crippen LogP contribution < -0.4 is 14.9 Å². The Morgan fingerprint density at radius 3 is 2.42 bits per heavy atom. The molecule has 5 heteroatoms. The number of methoxy groups -OCH3 is 2. The molecule has 2 rings (SSSR count). The molecule has 0 aliphatic rings. The molecule has 0 heterocycles. The molecular formula is C19H20N2O3. The first-order chi connectivity index (χ1) is 11.6. The lowest BCUT2D eigenvalue weighted by molar-refractivity contribution is 0.0954. The summed E-state index contributed by atoms with van der Waals surface area (Å²) in [6.45, 7) is 1.92. The van der Waals surface area contributed by atoms with E-state index in [0.29, 0.717) is 17.1 Å². The zero-order valence-corrected chi connectivity index (χ0v) is 13.9. The molecule has 0 atom stereocenters. The zero-order chi connectivity index (χ0) is 17.4. The fourth-order valence-electron chi connectivity index (χ4n) is 2.08. The minimum atomic E-state index is -0.320. The second-order valence-corrected chi connectivity index (χ2v) is 5.07. The predicted octanol–water partition coefficient (Wildman–Crippen LogP) is 3.52. The molecule has 0 saturated heterocycles. The van der Waals surface area contributed by atoms with Crippen molar-refractivity contribution in [1.82, 2.24) is 5.43 Å². The standard InChI is InChI=1S/C19H20N2O3/c1-14(11-15-7-5-4-6-8-15)13-20-21-19(22)16-9-10-17(23-2)18(12-16)24-3/h4-13H,1-3H3,(H,21,22)/b14-11+,20-13+. The SMILES string of the molecule is COc1ccc(C(=O)N/N=C/C(C)=C/c2ccccc2)cc1OC. The van der Waals surface area contributed by atoms with Gasteiger partial charge in [-0.3, -0.25) is 4.79 Å². The maximum absolute atomic E-state index is 12.1. The van der Waals surface area contributed by atoms with Crippen LogP contribution in [0.25, 0.3) is 6.08 Å². The Hall–Kier alpha value is -3.08. The van der Waals surface area contributed by atoms with Crippen LogP contribution in [0.5, 0.6) is 11.5 Å². The molecule has 1 N–H and O–H groups in total. The molecule has 0 fully saturated rings. The zero-order valence-electron chi connectivity index (χ0n) is 13.9. The van der Waals surface area contributed by atoms with Crippen LogP contribution in [-0.4, -0.2) is 26.3 Å². The number of hydrogen-bond donors (Lipinski definition) is 1. The van der Waals surface area contributed by atoms with E-state index in [9.17, 15) is 4.79 Å². The lowest BCUT2D eigenvalue weighted by Crippen LogP contribution is -2.17. The smallest absolute Gasteiger partial charge is 0.271 e. The summed E-state index contributed by atoms with van der Waals surface area (Å²) < 4.78 is 10.3. The van der Waals surface area contributed by atoms with E-state index >= 15 is 0 Å². The summed E-state index contributed by atoms with van der Waals surface area (Å²) in [5, 5.41) is 3.98. The van der Waals surface area contributed by atoms with Crippen molar-refractivity contribution >= 4 is 18.2 Å². The molecule has 0 aliphatic heterocycles. The first kappa shape index (κ1) is 17.3. The molecule has 0 aromatic heterocycles. The highest BCUT2D eigenvalue weighted by Gasteiger charge is 2.09. The van der Waals surface area contributed by atoms with Crippen molar-refractivity contribution in [3.05, 3.63) is 65.2 Å². The summed E-state index contributed by atoms with van der Waals surface area (Å²) in [6.07, 6.45) is 3.58. The van der Waals surface area contributed by atoms with Gasteiger partial charge in [0, 0.05) is 5.56 Å². The van der Waals surface area contributed by atoms with E-state index in [0.717, 1.165) is 11.1 Å². The molecule has 124 valence electrons. The van der Waals surface area contributed by atoms with Crippen LogP contribution in [0.3, 0.4) is 0 Å². The van der Waals surface area contributed by atoms with Gasteiger partial charge in [0.05, 0.1) is 20.4 Å². The number of hydrazone groups is 1. The predicted molar refractivity (Wildman–Crippen MR) is 95.6 cm³/mol. The van der Waals surface area contributed by atoms with E-state index in [4.69, 9.17) is 9.47 Å². The number of carbonyl (C=O) groups excluding carboxylic acids is 1. The molecule has 0 aliphatic carbocycles. The van der Waals surface area contributed by atoms with Gasteiger partial charge in [-0.15, -0.1) is 0 Å². The van der Waals surface area contributed by atoms with Gasteiger partial charge in [0.15, 0.2) is 11.5 Å². The number of ether oxygens (including phenoxy) is 2. The maximum Gasteiger partial charge on any atom is 0.271 e. The topological polar surface area (TPSA) is 59.9 Å². The van der Waals surface area contributed by atoms with Gasteiger partial charge in [0.2, 0.25) is 0 Å². The monoisotopic (exact) mass is 324 g/mol. The third-order valence-corrected chi connectivity index (χ3v) is 3.27. The van der Waals surface area contributed by atoms with Crippen LogP contribution >= 0.6 is 0 Å². The molecule has 2 aromatic rings. The Kier molecular flexibility index (Phi) is 6.14. The Labute approximate surface area is 141 Å². The van der Waals surface area contributed by atoms with Crippen LogP contribution in [0.4, 0.5) is 0 Å². The molecule has 0 spiro atoms. The van der Waals surface area contributed by atoms with Gasteiger partial charge in [-0.25, -0.2) is 5.43 Å². The summed E-state index contributed by atoms with van der Waals surface area (Å²) >= 11 is 0. The second-order valence-electron chi connectivity index (χ2n) is 5.07. The molecule has 5 nitrogen and oxygen atoms in total. The Morgan fingerprint density at radius 2 is 1.75 bits per heavy atom. The lowest BCUT2D eigenvalue weighted by Gasteiger charge is -2.08. The van der Waals surface area contributed by atoms with Crippen molar-refractivity contribution in [3.8, 4) is 11.5 Å². The summed E-state index contributed by atoms with van der Waals surface area (Å²) in [5.74, 6) is 0.744. The average Bonchev–Trinajstić information content (AvgIpc) is 2.61. The molecule has 1 amide bonds. The van der Waals surface area contributed by atoms with Crippen LogP contribution in [0.2, 0.25) is 0 Å². The molecule has 0 unspecified atom stereocenters. The number of amides is 1. The molecule has 24 heavy (non-hydrogen) atoms. The number of nitrogens with one attached hydrogen (secondary N) is 1. The largest absolute Gasteiger partial charge is 0.493 e. The van der Waals surface area contributed by atoms with Gasteiger partial charge < -0.3 is 9.47 Å². The molecule has 0 bridgehead atoms. The van der Waals surface area contributed by atoms with Gasteiger partial charge in [0.1, 0.15) is 0 Å². The summed E-state index contributed by atoms with van der Waals surface area (Å²) in [7, 11) is 3.07. The first-order valence-corrected chi connectivity index (χ1v) is 7.43. The Morgan fingerprint density at radius 1 is 1.04 bits per heavy atom. The minimum Gasteiger partial charge on any atom is -0.493 e. The summed E-state index contributed by atoms with van der Waals surface area (Å²) in [6, 6.07) is 14.8. The van der Waals surface area contributed by atoms with E-state index in [2.05, 4.69) is 10.5 Å². The number of allylic oxidation sites excluding steroid dienone is 1. The number of benzene rings is 2. The Balaban J connectivity index is 2.01. The van der Waals surface area contributed by atoms with E-state index in [1.54, 1.807) is 31.5 Å². The molecule has 2 aromatic carbocycles. The highest BCUT2D eigenvalue weighted by molar-refractivity contribution is 5.95. The van der Waals surface area contributed by atoms with Gasteiger partial charge in [-0.2, -0.15) is 5.10 Å². The fourth-order valence-corrected chi connectivity index (χ4v) is 2.08. The van der Waals surface area contributed by atoms with Gasteiger partial charge in [-0.1, -0.05) is 36.4 Å². The van der Waals surface area contributed by atoms with Gasteiger partial charge >= 0.3 is 0 Å². The maximum atomic E-state index is 12.1. The van der Waals surface area contributed by atoms with Crippen LogP contribution in [-0.2, 0) is 0 Å². The molecule has 0 saturated carbocycles. The van der Waals surface area contributed by atoms with Crippen LogP contribution in [0.1, 0.15) is 22.8 Å². The van der Waals surface area contributed by atoms with E-state index in [-0.39, 0.29) is 5.91 Å². The average molecular weight is 324 g/mol. The van der Waals surface area contributed by atoms with Crippen molar-refractivity contribution in [2.24, 2.45) is 5.10 Å². The Bertz CT molecular complexity index is 752. The van der Waals surface area contributed by atoms with Gasteiger partial charge in [0.25, 0.3) is 5.91 Å². The van der Waals surface area contributed by atoms with Gasteiger partial charge in [-0.05, 0) is 36.3 Å². The number of hydrogen-bond acceptors (Lipinski definition) is 4. The van der Waals surface area contributed by atoms with Crippen molar-refractivity contribution in [2.45, 2.75) is 6.92 Å². The highest BCUT2D eigenvalue weighted by Crippen LogP contribution is 2.27. The lowest BCUT2D eigenvalue weighted by atomic mass is 10.1. The normalized spacial score (nSPS) is 11.4. The van der Waals surface area contributed by atoms with Crippen molar-refractivity contribution in [1.29, 1.82) is 0 Å². The van der Waals surface area contributed by atoms with Crippen LogP contribution in [0, 0.1) is 0 Å². The quantitative estimate of drug-likeness (QED) is 0.653. The summed E-state index contributed by atoms with van der Waals surface area (Å²) in [5.41, 5.74) is 4.94.